The minimum atomic E-state index is -0.752. The summed E-state index contributed by atoms with van der Waals surface area (Å²) in [4.78, 5) is 44.7. The Morgan fingerprint density at radius 1 is 1.22 bits per heavy atom. The highest BCUT2D eigenvalue weighted by Gasteiger charge is 2.77. The van der Waals surface area contributed by atoms with Gasteiger partial charge in [-0.15, -0.1) is 24.9 Å². The van der Waals surface area contributed by atoms with Crippen LogP contribution in [0.5, 0.6) is 0 Å². The smallest absolute Gasteiger partial charge is 0.311 e. The molecule has 3 heterocycles. The number of likely N-dealkylation sites (tertiary alicyclic amines) is 1. The number of rotatable bonds is 13. The Balaban J connectivity index is 1.63. The Labute approximate surface area is 223 Å². The van der Waals surface area contributed by atoms with Crippen molar-refractivity contribution in [1.82, 2.24) is 9.80 Å². The number of amides is 2. The maximum atomic E-state index is 14.2. The lowest BCUT2D eigenvalue weighted by Crippen LogP contribution is -2.55. The van der Waals surface area contributed by atoms with Gasteiger partial charge in [-0.25, -0.2) is 0 Å². The van der Waals surface area contributed by atoms with Crippen LogP contribution in [0.4, 0.5) is 0 Å². The summed E-state index contributed by atoms with van der Waals surface area (Å²) in [5.74, 6) is -1.99. The van der Waals surface area contributed by atoms with Crippen molar-refractivity contribution in [3.8, 4) is 0 Å². The number of nitrogens with zero attached hydrogens (tertiary/aromatic N) is 2. The van der Waals surface area contributed by atoms with Crippen molar-refractivity contribution in [1.29, 1.82) is 0 Å². The zero-order chi connectivity index (χ0) is 26.6. The molecule has 37 heavy (non-hydrogen) atoms. The van der Waals surface area contributed by atoms with Gasteiger partial charge < -0.3 is 19.6 Å². The maximum absolute atomic E-state index is 14.2. The van der Waals surface area contributed by atoms with E-state index >= 15 is 0 Å². The summed E-state index contributed by atoms with van der Waals surface area (Å²) in [6.45, 7) is 10.4. The van der Waals surface area contributed by atoms with E-state index in [4.69, 9.17) is 4.74 Å². The molecule has 7 nitrogen and oxygen atoms in total. The van der Waals surface area contributed by atoms with Gasteiger partial charge >= 0.3 is 5.97 Å². The van der Waals surface area contributed by atoms with Crippen LogP contribution in [0.15, 0.2) is 55.6 Å². The number of thioether (sulfide) groups is 1. The van der Waals surface area contributed by atoms with Gasteiger partial charge in [0, 0.05) is 24.4 Å². The molecule has 2 bridgehead atoms. The number of hydrogen-bond donors (Lipinski definition) is 1. The first kappa shape index (κ1) is 27.5. The van der Waals surface area contributed by atoms with Crippen LogP contribution >= 0.6 is 11.8 Å². The summed E-state index contributed by atoms with van der Waals surface area (Å²) < 4.78 is 4.50. The SMILES string of the molecule is C=CCCCCOC(=O)[C@@H]1[C@H]2C(=O)N(CCO)C(C(=O)N(CC=C)Cc3ccccc3)C23CC[C@@]1(C)S3. The van der Waals surface area contributed by atoms with Gasteiger partial charge in [-0.3, -0.25) is 14.4 Å². The number of β-amino-alcohol motifs (C(OH)–C–C–N with tert-alkyl or cyclic N) is 1. The van der Waals surface area contributed by atoms with E-state index < -0.39 is 27.4 Å². The van der Waals surface area contributed by atoms with Crippen molar-refractivity contribution in [3.63, 3.8) is 0 Å². The van der Waals surface area contributed by atoms with Gasteiger partial charge in [0.25, 0.3) is 0 Å². The van der Waals surface area contributed by atoms with Crippen molar-refractivity contribution in [3.05, 3.63) is 61.2 Å². The number of carbonyl (C=O) groups excluding carboxylic acids is 3. The molecule has 0 aliphatic carbocycles. The van der Waals surface area contributed by atoms with E-state index in [1.54, 1.807) is 22.7 Å². The monoisotopic (exact) mass is 526 g/mol. The highest BCUT2D eigenvalue weighted by atomic mass is 32.2. The molecular weight excluding hydrogens is 488 g/mol. The fourth-order valence-electron chi connectivity index (χ4n) is 6.43. The van der Waals surface area contributed by atoms with Crippen LogP contribution in [0.3, 0.4) is 0 Å². The van der Waals surface area contributed by atoms with Crippen molar-refractivity contribution >= 4 is 29.5 Å². The van der Waals surface area contributed by atoms with Gasteiger partial charge in [-0.05, 0) is 44.6 Å². The van der Waals surface area contributed by atoms with Crippen molar-refractivity contribution < 1.29 is 24.2 Å². The fourth-order valence-corrected chi connectivity index (χ4v) is 8.77. The first-order valence-corrected chi connectivity index (χ1v) is 14.0. The van der Waals surface area contributed by atoms with E-state index in [0.717, 1.165) is 31.2 Å². The van der Waals surface area contributed by atoms with Crippen LogP contribution in [0.25, 0.3) is 0 Å². The number of esters is 1. The van der Waals surface area contributed by atoms with Crippen LogP contribution in [0.2, 0.25) is 0 Å². The molecule has 0 radical (unpaired) electrons. The summed E-state index contributed by atoms with van der Waals surface area (Å²) in [5, 5.41) is 9.82. The highest BCUT2D eigenvalue weighted by Crippen LogP contribution is 2.71. The Hall–Kier alpha value is -2.58. The van der Waals surface area contributed by atoms with E-state index in [0.29, 0.717) is 26.1 Å². The molecule has 1 spiro atoms. The standard InChI is InChI=1S/C29H38N2O5S/c1-4-6-7-11-19-36-27(35)23-22-25(33)31(17-18-32)24(29(22)15-14-28(23,3)37-29)26(34)30(16-5-2)20-21-12-9-8-10-13-21/h4-5,8-10,12-13,22-24,32H,1-2,6-7,11,14-20H2,3H3/t22-,23-,24?,28+,29?/m0/s1. The molecule has 3 saturated heterocycles. The number of hydrogen-bond acceptors (Lipinski definition) is 6. The van der Waals surface area contributed by atoms with Gasteiger partial charge in [0.05, 0.1) is 29.8 Å². The number of benzene rings is 1. The normalized spacial score (nSPS) is 29.7. The quantitative estimate of drug-likeness (QED) is 0.240. The zero-order valence-electron chi connectivity index (χ0n) is 21.6. The number of allylic oxidation sites excluding steroid dienone is 1. The molecule has 200 valence electrons. The molecule has 3 fully saturated rings. The first-order valence-electron chi connectivity index (χ1n) is 13.2. The topological polar surface area (TPSA) is 87.1 Å². The molecule has 2 unspecified atom stereocenters. The average Bonchev–Trinajstić information content (AvgIpc) is 3.45. The molecule has 8 heteroatoms. The third kappa shape index (κ3) is 4.98. The third-order valence-electron chi connectivity index (χ3n) is 8.03. The lowest BCUT2D eigenvalue weighted by Gasteiger charge is -2.37. The lowest BCUT2D eigenvalue weighted by molar-refractivity contribution is -0.155. The number of aliphatic hydroxyl groups is 1. The van der Waals surface area contributed by atoms with Gasteiger partial charge in [-0.2, -0.15) is 0 Å². The van der Waals surface area contributed by atoms with E-state index in [1.165, 1.54) is 4.90 Å². The van der Waals surface area contributed by atoms with Crippen LogP contribution in [-0.4, -0.2) is 74.5 Å². The third-order valence-corrected chi connectivity index (χ3v) is 10.0. The molecule has 0 aromatic heterocycles. The van der Waals surface area contributed by atoms with Crippen LogP contribution in [-0.2, 0) is 25.7 Å². The first-order chi connectivity index (χ1) is 17.8. The van der Waals surface area contributed by atoms with E-state index in [2.05, 4.69) is 13.2 Å². The van der Waals surface area contributed by atoms with Crippen molar-refractivity contribution in [2.75, 3.05) is 26.3 Å². The lowest BCUT2D eigenvalue weighted by atomic mass is 9.66. The van der Waals surface area contributed by atoms with Crippen molar-refractivity contribution in [2.24, 2.45) is 11.8 Å². The van der Waals surface area contributed by atoms with Crippen molar-refractivity contribution in [2.45, 2.75) is 61.1 Å². The number of ether oxygens (including phenoxy) is 1. The second kappa shape index (κ2) is 11.4. The van der Waals surface area contributed by atoms with Gasteiger partial charge in [0.2, 0.25) is 11.8 Å². The highest BCUT2D eigenvalue weighted by molar-refractivity contribution is 8.02. The molecule has 4 rings (SSSR count). The summed E-state index contributed by atoms with van der Waals surface area (Å²) in [5.41, 5.74) is 0.984. The van der Waals surface area contributed by atoms with Gasteiger partial charge in [0.1, 0.15) is 6.04 Å². The number of fused-ring (bicyclic) bond motifs is 1. The zero-order valence-corrected chi connectivity index (χ0v) is 22.5. The number of carbonyl (C=O) groups is 3. The minimum absolute atomic E-state index is 0.0569. The van der Waals surface area contributed by atoms with Gasteiger partial charge in [-0.1, -0.05) is 42.5 Å². The molecule has 2 amide bonds. The maximum Gasteiger partial charge on any atom is 0.311 e. The molecule has 0 saturated carbocycles. The second-order valence-electron chi connectivity index (χ2n) is 10.4. The van der Waals surface area contributed by atoms with E-state index in [1.807, 2.05) is 43.3 Å². The minimum Gasteiger partial charge on any atom is -0.465 e. The molecule has 1 aromatic rings. The average molecular weight is 527 g/mol. The largest absolute Gasteiger partial charge is 0.465 e. The summed E-state index contributed by atoms with van der Waals surface area (Å²) in [6.07, 6.45) is 7.43. The van der Waals surface area contributed by atoms with E-state index in [-0.39, 0.29) is 30.9 Å². The molecule has 1 aromatic carbocycles. The molecule has 5 atom stereocenters. The predicted octanol–water partition coefficient (Wildman–Crippen LogP) is 3.57. The van der Waals surface area contributed by atoms with Crippen LogP contribution < -0.4 is 0 Å². The molecular formula is C29H38N2O5S. The second-order valence-corrected chi connectivity index (χ2v) is 12.3. The summed E-state index contributed by atoms with van der Waals surface area (Å²) in [6, 6.07) is 8.97. The Morgan fingerprint density at radius 3 is 2.65 bits per heavy atom. The van der Waals surface area contributed by atoms with Crippen LogP contribution in [0.1, 0.15) is 44.6 Å². The molecule has 3 aliphatic rings. The van der Waals surface area contributed by atoms with Crippen LogP contribution in [0, 0.1) is 11.8 Å². The Morgan fingerprint density at radius 2 is 1.97 bits per heavy atom. The molecule has 3 aliphatic heterocycles. The Kier molecular flexibility index (Phi) is 8.49. The summed E-state index contributed by atoms with van der Waals surface area (Å²) >= 11 is 1.62. The summed E-state index contributed by atoms with van der Waals surface area (Å²) in [7, 11) is 0. The van der Waals surface area contributed by atoms with E-state index in [9.17, 15) is 19.5 Å². The number of unbranched alkanes of at least 4 members (excludes halogenated alkanes) is 2. The van der Waals surface area contributed by atoms with Gasteiger partial charge in [0.15, 0.2) is 0 Å². The molecule has 1 N–H and O–H groups in total. The number of aliphatic hydroxyl groups excluding tert-OH is 1. The Bertz CT molecular complexity index is 1030. The predicted molar refractivity (Wildman–Crippen MR) is 145 cm³/mol. The fraction of sp³-hybridized carbons (Fsp3) is 0.552.